The highest BCUT2D eigenvalue weighted by Crippen LogP contribution is 2.16. The van der Waals surface area contributed by atoms with Gasteiger partial charge in [-0.2, -0.15) is 0 Å². The lowest BCUT2D eigenvalue weighted by molar-refractivity contribution is 0.0832. The van der Waals surface area contributed by atoms with E-state index in [4.69, 9.17) is 9.47 Å². The van der Waals surface area contributed by atoms with Crippen LogP contribution in [0.3, 0.4) is 0 Å². The van der Waals surface area contributed by atoms with Crippen molar-refractivity contribution < 1.29 is 9.47 Å². The van der Waals surface area contributed by atoms with Crippen LogP contribution in [0.2, 0.25) is 0 Å². The third-order valence-corrected chi connectivity index (χ3v) is 3.16. The summed E-state index contributed by atoms with van der Waals surface area (Å²) in [5, 5.41) is 3.48. The maximum absolute atomic E-state index is 5.65. The van der Waals surface area contributed by atoms with E-state index in [1.54, 1.807) is 13.3 Å². The van der Waals surface area contributed by atoms with E-state index in [9.17, 15) is 0 Å². The van der Waals surface area contributed by atoms with Crippen LogP contribution in [0.5, 0.6) is 5.88 Å². The number of hydrogen-bond acceptors (Lipinski definition) is 4. The molecule has 1 aliphatic rings. The second-order valence-corrected chi connectivity index (χ2v) is 4.43. The van der Waals surface area contributed by atoms with E-state index < -0.39 is 0 Å². The summed E-state index contributed by atoms with van der Waals surface area (Å²) in [6.07, 6.45) is 4.47. The fraction of sp³-hybridized carbons (Fsp3) is 0.615. The van der Waals surface area contributed by atoms with E-state index in [0.29, 0.717) is 18.0 Å². The topological polar surface area (TPSA) is 43.4 Å². The summed E-state index contributed by atoms with van der Waals surface area (Å²) in [6.45, 7) is 3.90. The van der Waals surface area contributed by atoms with Crippen molar-refractivity contribution in [1.82, 2.24) is 10.3 Å². The van der Waals surface area contributed by atoms with Crippen molar-refractivity contribution in [2.75, 3.05) is 13.7 Å². The van der Waals surface area contributed by atoms with Gasteiger partial charge in [-0.05, 0) is 31.4 Å². The molecule has 17 heavy (non-hydrogen) atoms. The molecule has 94 valence electrons. The molecule has 2 unspecified atom stereocenters. The zero-order chi connectivity index (χ0) is 12.1. The van der Waals surface area contributed by atoms with E-state index >= 15 is 0 Å². The second-order valence-electron chi connectivity index (χ2n) is 4.43. The van der Waals surface area contributed by atoms with Gasteiger partial charge in [-0.3, -0.25) is 0 Å². The van der Waals surface area contributed by atoms with Crippen molar-refractivity contribution in [2.24, 2.45) is 0 Å². The van der Waals surface area contributed by atoms with Crippen LogP contribution >= 0.6 is 0 Å². The Balaban J connectivity index is 1.83. The standard InChI is InChI=1S/C13H20N2O2/c1-10(12-4-3-7-17-12)15-9-11-5-6-14-13(8-11)16-2/h5-6,8,10,12,15H,3-4,7,9H2,1-2H3. The fourth-order valence-corrected chi connectivity index (χ4v) is 2.08. The van der Waals surface area contributed by atoms with Gasteiger partial charge in [0.1, 0.15) is 0 Å². The van der Waals surface area contributed by atoms with Gasteiger partial charge in [-0.1, -0.05) is 0 Å². The van der Waals surface area contributed by atoms with Gasteiger partial charge >= 0.3 is 0 Å². The Labute approximate surface area is 102 Å². The second kappa shape index (κ2) is 5.98. The minimum Gasteiger partial charge on any atom is -0.481 e. The van der Waals surface area contributed by atoms with E-state index in [-0.39, 0.29) is 0 Å². The number of nitrogens with one attached hydrogen (secondary N) is 1. The molecule has 1 aliphatic heterocycles. The summed E-state index contributed by atoms with van der Waals surface area (Å²) in [4.78, 5) is 4.09. The molecule has 0 aliphatic carbocycles. The third-order valence-electron chi connectivity index (χ3n) is 3.16. The Bertz CT molecular complexity index is 351. The maximum atomic E-state index is 5.65. The summed E-state index contributed by atoms with van der Waals surface area (Å²) in [7, 11) is 1.63. The molecule has 4 heteroatoms. The number of methoxy groups -OCH3 is 1. The average Bonchev–Trinajstić information content (AvgIpc) is 2.90. The number of hydrogen-bond donors (Lipinski definition) is 1. The van der Waals surface area contributed by atoms with Gasteiger partial charge in [0, 0.05) is 31.5 Å². The Morgan fingerprint density at radius 1 is 1.65 bits per heavy atom. The van der Waals surface area contributed by atoms with Crippen molar-refractivity contribution in [3.63, 3.8) is 0 Å². The van der Waals surface area contributed by atoms with Crippen LogP contribution < -0.4 is 10.1 Å². The van der Waals surface area contributed by atoms with Gasteiger partial charge < -0.3 is 14.8 Å². The van der Waals surface area contributed by atoms with Gasteiger partial charge in [0.15, 0.2) is 0 Å². The summed E-state index contributed by atoms with van der Waals surface area (Å²) in [5.41, 5.74) is 1.18. The van der Waals surface area contributed by atoms with Crippen LogP contribution in [0.25, 0.3) is 0 Å². The monoisotopic (exact) mass is 236 g/mol. The lowest BCUT2D eigenvalue weighted by Crippen LogP contribution is -2.36. The van der Waals surface area contributed by atoms with Crippen LogP contribution in [-0.2, 0) is 11.3 Å². The third kappa shape index (κ3) is 3.41. The Kier molecular flexibility index (Phi) is 4.34. The Hall–Kier alpha value is -1.13. The summed E-state index contributed by atoms with van der Waals surface area (Å²) >= 11 is 0. The minimum absolute atomic E-state index is 0.360. The SMILES string of the molecule is COc1cc(CNC(C)C2CCCO2)ccn1. The van der Waals surface area contributed by atoms with Crippen LogP contribution in [0.15, 0.2) is 18.3 Å². The van der Waals surface area contributed by atoms with Gasteiger partial charge in [0.2, 0.25) is 5.88 Å². The number of rotatable bonds is 5. The number of nitrogens with zero attached hydrogens (tertiary/aromatic N) is 1. The average molecular weight is 236 g/mol. The number of aromatic nitrogens is 1. The lowest BCUT2D eigenvalue weighted by Gasteiger charge is -2.20. The first kappa shape index (κ1) is 12.3. The maximum Gasteiger partial charge on any atom is 0.213 e. The van der Waals surface area contributed by atoms with Gasteiger partial charge in [-0.15, -0.1) is 0 Å². The first-order valence-corrected chi connectivity index (χ1v) is 6.13. The largest absolute Gasteiger partial charge is 0.481 e. The Morgan fingerprint density at radius 3 is 3.24 bits per heavy atom. The molecule has 1 saturated heterocycles. The molecule has 2 heterocycles. The molecule has 2 rings (SSSR count). The van der Waals surface area contributed by atoms with Crippen molar-refractivity contribution >= 4 is 0 Å². The summed E-state index contributed by atoms with van der Waals surface area (Å²) in [5.74, 6) is 0.661. The normalized spacial score (nSPS) is 21.4. The van der Waals surface area contributed by atoms with Gasteiger partial charge in [-0.25, -0.2) is 4.98 Å². The molecule has 1 aromatic heterocycles. The molecule has 0 aromatic carbocycles. The highest BCUT2D eigenvalue weighted by molar-refractivity contribution is 5.20. The fourth-order valence-electron chi connectivity index (χ4n) is 2.08. The molecular weight excluding hydrogens is 216 g/mol. The minimum atomic E-state index is 0.360. The molecule has 1 fully saturated rings. The van der Waals surface area contributed by atoms with Gasteiger partial charge in [0.25, 0.3) is 0 Å². The molecule has 1 N–H and O–H groups in total. The molecular formula is C13H20N2O2. The summed E-state index contributed by atoms with van der Waals surface area (Å²) < 4.78 is 10.7. The molecule has 1 aromatic rings. The lowest BCUT2D eigenvalue weighted by atomic mass is 10.1. The van der Waals surface area contributed by atoms with E-state index in [2.05, 4.69) is 17.2 Å². The molecule has 2 atom stereocenters. The molecule has 0 saturated carbocycles. The quantitative estimate of drug-likeness (QED) is 0.846. The highest BCUT2D eigenvalue weighted by atomic mass is 16.5. The first-order valence-electron chi connectivity index (χ1n) is 6.13. The van der Waals surface area contributed by atoms with Crippen molar-refractivity contribution in [3.05, 3.63) is 23.9 Å². The highest BCUT2D eigenvalue weighted by Gasteiger charge is 2.21. The van der Waals surface area contributed by atoms with E-state index in [1.165, 1.54) is 12.0 Å². The predicted molar refractivity (Wildman–Crippen MR) is 66.1 cm³/mol. The summed E-state index contributed by atoms with van der Waals surface area (Å²) in [6, 6.07) is 4.34. The van der Waals surface area contributed by atoms with Gasteiger partial charge in [0.05, 0.1) is 13.2 Å². The van der Waals surface area contributed by atoms with Crippen LogP contribution in [0.4, 0.5) is 0 Å². The smallest absolute Gasteiger partial charge is 0.213 e. The Morgan fingerprint density at radius 2 is 2.53 bits per heavy atom. The van der Waals surface area contributed by atoms with Crippen LogP contribution in [0.1, 0.15) is 25.3 Å². The molecule has 4 nitrogen and oxygen atoms in total. The van der Waals surface area contributed by atoms with Crippen molar-refractivity contribution in [2.45, 2.75) is 38.5 Å². The van der Waals surface area contributed by atoms with E-state index in [0.717, 1.165) is 19.6 Å². The zero-order valence-corrected chi connectivity index (χ0v) is 10.5. The van der Waals surface area contributed by atoms with Crippen LogP contribution in [0, 0.1) is 0 Å². The van der Waals surface area contributed by atoms with Crippen LogP contribution in [-0.4, -0.2) is 30.8 Å². The predicted octanol–water partition coefficient (Wildman–Crippen LogP) is 1.75. The van der Waals surface area contributed by atoms with Crippen molar-refractivity contribution in [3.8, 4) is 5.88 Å². The molecule has 0 radical (unpaired) electrons. The number of pyridine rings is 1. The zero-order valence-electron chi connectivity index (χ0n) is 10.5. The molecule has 0 bridgehead atoms. The van der Waals surface area contributed by atoms with E-state index in [1.807, 2.05) is 12.1 Å². The molecule has 0 spiro atoms. The van der Waals surface area contributed by atoms with Crippen molar-refractivity contribution in [1.29, 1.82) is 0 Å². The first-order chi connectivity index (χ1) is 8.29. The number of ether oxygens (including phenoxy) is 2. The molecule has 0 amide bonds.